The molecule has 0 atom stereocenters. The maximum absolute atomic E-state index is 2.71. The number of hydrogen-bond acceptors (Lipinski definition) is 2. The SMILES string of the molecule is c1ccc(C2(c3ccccc3)c3ccccc3N(c3cccc(-c4cccc(N5c6ccccc6[Si](c6ccccc6)(c6ccccc6)c6ccccc65)c4)c3)c3ccccc32)cc1. The molecule has 2 heterocycles. The zero-order valence-corrected chi connectivity index (χ0v) is 36.3. The molecule has 2 aliphatic rings. The number of fused-ring (bicyclic) bond motifs is 4. The van der Waals surface area contributed by atoms with Gasteiger partial charge in [0.15, 0.2) is 8.07 Å². The number of rotatable bonds is 7. The van der Waals surface area contributed by atoms with E-state index in [1.54, 1.807) is 0 Å². The van der Waals surface area contributed by atoms with E-state index >= 15 is 0 Å². The fourth-order valence-corrected chi connectivity index (χ4v) is 16.1. The summed E-state index contributed by atoms with van der Waals surface area (Å²) in [6, 6.07) is 98.9. The van der Waals surface area contributed by atoms with Crippen molar-refractivity contribution < 1.29 is 0 Å². The first-order valence-electron chi connectivity index (χ1n) is 22.2. The summed E-state index contributed by atoms with van der Waals surface area (Å²) in [5.41, 5.74) is 13.9. The standard InChI is InChI=1S/C61H44N2Si/c1-5-25-47(26-6-1)61(48-27-7-2-8-28-48)53-35-13-15-37-55(53)62(56-38-16-14-36-54(56)61)49-29-21-23-45(43-49)46-24-22-30-50(44-46)63-57-39-17-19-41-59(57)64(51-31-9-3-10-32-51,52-33-11-4-12-34-52)60-42-20-18-40-58(60)63/h1-44H. The van der Waals surface area contributed by atoms with Crippen LogP contribution >= 0.6 is 0 Å². The average molecular weight is 833 g/mol. The van der Waals surface area contributed by atoms with Crippen LogP contribution in [0.4, 0.5) is 34.1 Å². The van der Waals surface area contributed by atoms with Crippen LogP contribution in [0, 0.1) is 0 Å². The quantitative estimate of drug-likeness (QED) is 0.148. The molecule has 0 aliphatic carbocycles. The van der Waals surface area contributed by atoms with Gasteiger partial charge in [-0.05, 0) is 103 Å². The number of benzene rings is 10. The lowest BCUT2D eigenvalue weighted by Crippen LogP contribution is -2.77. The van der Waals surface area contributed by atoms with Crippen LogP contribution in [0.25, 0.3) is 11.1 Å². The highest BCUT2D eigenvalue weighted by Crippen LogP contribution is 2.57. The van der Waals surface area contributed by atoms with Crippen molar-refractivity contribution in [3.05, 3.63) is 289 Å². The Bertz CT molecular complexity index is 2890. The molecule has 10 aromatic rings. The molecule has 302 valence electrons. The van der Waals surface area contributed by atoms with Gasteiger partial charge >= 0.3 is 0 Å². The van der Waals surface area contributed by atoms with Crippen LogP contribution < -0.4 is 30.5 Å². The van der Waals surface area contributed by atoms with Crippen molar-refractivity contribution in [1.82, 2.24) is 0 Å². The minimum atomic E-state index is -2.71. The summed E-state index contributed by atoms with van der Waals surface area (Å²) in [5, 5.41) is 5.56. The topological polar surface area (TPSA) is 6.48 Å². The average Bonchev–Trinajstić information content (AvgIpc) is 3.38. The molecule has 3 heteroatoms. The Morgan fingerprint density at radius 1 is 0.281 bits per heavy atom. The fourth-order valence-electron chi connectivity index (χ4n) is 11.0. The van der Waals surface area contributed by atoms with Gasteiger partial charge in [0.2, 0.25) is 0 Å². The molecule has 12 rings (SSSR count). The van der Waals surface area contributed by atoms with Gasteiger partial charge in [-0.2, -0.15) is 0 Å². The van der Waals surface area contributed by atoms with E-state index in [0.29, 0.717) is 0 Å². The van der Waals surface area contributed by atoms with E-state index in [0.717, 1.165) is 22.5 Å². The normalized spacial score (nSPS) is 14.1. The van der Waals surface area contributed by atoms with Crippen molar-refractivity contribution in [2.24, 2.45) is 0 Å². The van der Waals surface area contributed by atoms with E-state index in [4.69, 9.17) is 0 Å². The molecule has 0 saturated carbocycles. The summed E-state index contributed by atoms with van der Waals surface area (Å²) in [5.74, 6) is 0. The summed E-state index contributed by atoms with van der Waals surface area (Å²) in [4.78, 5) is 4.97. The molecule has 10 aromatic carbocycles. The number of nitrogens with zero attached hydrogens (tertiary/aromatic N) is 2. The molecule has 0 amide bonds. The third-order valence-electron chi connectivity index (χ3n) is 13.6. The molecule has 0 bridgehead atoms. The molecule has 0 spiro atoms. The lowest BCUT2D eigenvalue weighted by atomic mass is 9.62. The van der Waals surface area contributed by atoms with Crippen LogP contribution in [0.3, 0.4) is 0 Å². The molecule has 0 saturated heterocycles. The second kappa shape index (κ2) is 15.4. The van der Waals surface area contributed by atoms with Gasteiger partial charge in [-0.15, -0.1) is 0 Å². The van der Waals surface area contributed by atoms with E-state index in [9.17, 15) is 0 Å². The summed E-state index contributed by atoms with van der Waals surface area (Å²) in [6.07, 6.45) is 0. The van der Waals surface area contributed by atoms with E-state index < -0.39 is 13.5 Å². The number of hydrogen-bond donors (Lipinski definition) is 0. The molecule has 2 aliphatic heterocycles. The first-order chi connectivity index (χ1) is 31.8. The van der Waals surface area contributed by atoms with Gasteiger partial charge in [-0.1, -0.05) is 218 Å². The molecule has 0 radical (unpaired) electrons. The molecule has 0 aromatic heterocycles. The third kappa shape index (κ3) is 5.64. The van der Waals surface area contributed by atoms with Gasteiger partial charge in [0.1, 0.15) is 0 Å². The van der Waals surface area contributed by atoms with Gasteiger partial charge in [0.25, 0.3) is 0 Å². The molecule has 64 heavy (non-hydrogen) atoms. The van der Waals surface area contributed by atoms with Crippen molar-refractivity contribution in [2.45, 2.75) is 5.41 Å². The summed E-state index contributed by atoms with van der Waals surface area (Å²) in [6.45, 7) is 0. The maximum Gasteiger partial charge on any atom is 0.184 e. The zero-order valence-electron chi connectivity index (χ0n) is 35.3. The highest BCUT2D eigenvalue weighted by atomic mass is 28.3. The second-order valence-electron chi connectivity index (χ2n) is 16.8. The third-order valence-corrected chi connectivity index (χ3v) is 18.4. The van der Waals surface area contributed by atoms with Crippen LogP contribution in [0.15, 0.2) is 267 Å². The van der Waals surface area contributed by atoms with Gasteiger partial charge in [-0.3, -0.25) is 0 Å². The van der Waals surface area contributed by atoms with E-state index in [2.05, 4.69) is 277 Å². The van der Waals surface area contributed by atoms with Crippen LogP contribution in [0.5, 0.6) is 0 Å². The predicted molar refractivity (Wildman–Crippen MR) is 270 cm³/mol. The first-order valence-corrected chi connectivity index (χ1v) is 24.2. The highest BCUT2D eigenvalue weighted by molar-refractivity contribution is 7.21. The van der Waals surface area contributed by atoms with Gasteiger partial charge < -0.3 is 9.80 Å². The van der Waals surface area contributed by atoms with Crippen molar-refractivity contribution >= 4 is 62.9 Å². The first kappa shape index (κ1) is 37.8. The summed E-state index contributed by atoms with van der Waals surface area (Å²) < 4.78 is 0. The zero-order chi connectivity index (χ0) is 42.5. The number of para-hydroxylation sites is 4. The Balaban J connectivity index is 1.01. The molecule has 2 nitrogen and oxygen atoms in total. The van der Waals surface area contributed by atoms with Crippen LogP contribution in [-0.2, 0) is 5.41 Å². The van der Waals surface area contributed by atoms with Crippen LogP contribution in [-0.4, -0.2) is 8.07 Å². The molecule has 0 unspecified atom stereocenters. The maximum atomic E-state index is 2.50. The Hall–Kier alpha value is -7.98. The van der Waals surface area contributed by atoms with Gasteiger partial charge in [0, 0.05) is 22.7 Å². The Labute approximate surface area is 376 Å². The fraction of sp³-hybridized carbons (Fsp3) is 0.0164. The molecular formula is C61H44N2Si. The van der Waals surface area contributed by atoms with Crippen molar-refractivity contribution in [3.63, 3.8) is 0 Å². The van der Waals surface area contributed by atoms with Crippen LogP contribution in [0.2, 0.25) is 0 Å². The van der Waals surface area contributed by atoms with E-state index in [1.165, 1.54) is 65.8 Å². The van der Waals surface area contributed by atoms with Gasteiger partial charge in [0.05, 0.1) is 16.8 Å². The van der Waals surface area contributed by atoms with Crippen molar-refractivity contribution in [3.8, 4) is 11.1 Å². The van der Waals surface area contributed by atoms with Crippen LogP contribution in [0.1, 0.15) is 22.3 Å². The lowest BCUT2D eigenvalue weighted by molar-refractivity contribution is 0.731. The minimum Gasteiger partial charge on any atom is -0.311 e. The minimum absolute atomic E-state index is 0.513. The summed E-state index contributed by atoms with van der Waals surface area (Å²) in [7, 11) is -2.71. The molecule has 0 N–H and O–H groups in total. The highest BCUT2D eigenvalue weighted by Gasteiger charge is 2.49. The largest absolute Gasteiger partial charge is 0.311 e. The number of anilines is 6. The predicted octanol–water partition coefficient (Wildman–Crippen LogP) is 12.7. The Morgan fingerprint density at radius 3 is 1.06 bits per heavy atom. The van der Waals surface area contributed by atoms with Crippen molar-refractivity contribution in [1.29, 1.82) is 0 Å². The van der Waals surface area contributed by atoms with Crippen molar-refractivity contribution in [2.75, 3.05) is 9.80 Å². The smallest absolute Gasteiger partial charge is 0.184 e. The summed E-state index contributed by atoms with van der Waals surface area (Å²) >= 11 is 0. The van der Waals surface area contributed by atoms with E-state index in [1.807, 2.05) is 0 Å². The molecular weight excluding hydrogens is 789 g/mol. The monoisotopic (exact) mass is 832 g/mol. The lowest BCUT2D eigenvalue weighted by Gasteiger charge is -2.46. The Morgan fingerprint density at radius 2 is 0.625 bits per heavy atom. The molecule has 0 fully saturated rings. The van der Waals surface area contributed by atoms with Gasteiger partial charge in [-0.25, -0.2) is 0 Å². The Kier molecular flexibility index (Phi) is 9.10. The van der Waals surface area contributed by atoms with E-state index in [-0.39, 0.29) is 0 Å². The second-order valence-corrected chi connectivity index (χ2v) is 20.5.